The number of aliphatic hydroxyl groups excluding tert-OH is 3. The molecule has 0 aliphatic carbocycles. The minimum Gasteiger partial charge on any atom is -0.462 e. The predicted octanol–water partition coefficient (Wildman–Crippen LogP) is 10.1. The summed E-state index contributed by atoms with van der Waals surface area (Å²) >= 11 is 0. The zero-order valence-corrected chi connectivity index (χ0v) is 38.2. The van der Waals surface area contributed by atoms with Crippen LogP contribution >= 0.6 is 0 Å². The van der Waals surface area contributed by atoms with Crippen LogP contribution in [0.3, 0.4) is 0 Å². The Labute approximate surface area is 359 Å². The molecule has 0 amide bonds. The molecule has 13 heteroatoms. The lowest BCUT2D eigenvalue weighted by atomic mass is 10.00. The second kappa shape index (κ2) is 37.2. The number of carbonyl (C=O) groups is 2. The summed E-state index contributed by atoms with van der Waals surface area (Å²) in [5.41, 5.74) is 0. The maximum atomic E-state index is 12.8. The van der Waals surface area contributed by atoms with E-state index in [2.05, 4.69) is 13.8 Å². The summed E-state index contributed by atoms with van der Waals surface area (Å²) in [4.78, 5) is 25.4. The molecular formula is C46H88O12S. The van der Waals surface area contributed by atoms with Gasteiger partial charge in [-0.1, -0.05) is 200 Å². The van der Waals surface area contributed by atoms with Crippen LogP contribution in [0.15, 0.2) is 0 Å². The van der Waals surface area contributed by atoms with Crippen LogP contribution in [0.1, 0.15) is 226 Å². The third-order valence-electron chi connectivity index (χ3n) is 11.4. The van der Waals surface area contributed by atoms with E-state index in [0.717, 1.165) is 38.5 Å². The first kappa shape index (κ1) is 55.7. The number of esters is 2. The van der Waals surface area contributed by atoms with Crippen molar-refractivity contribution in [3.63, 3.8) is 0 Å². The fourth-order valence-electron chi connectivity index (χ4n) is 7.68. The van der Waals surface area contributed by atoms with E-state index in [1.807, 2.05) is 0 Å². The van der Waals surface area contributed by atoms with Gasteiger partial charge in [0, 0.05) is 12.8 Å². The van der Waals surface area contributed by atoms with Crippen molar-refractivity contribution in [1.29, 1.82) is 0 Å². The van der Waals surface area contributed by atoms with E-state index in [0.29, 0.717) is 12.8 Å². The average Bonchev–Trinajstić information content (AvgIpc) is 3.20. The molecule has 1 aliphatic heterocycles. The first-order chi connectivity index (χ1) is 28.5. The molecule has 0 saturated carbocycles. The Morgan fingerprint density at radius 3 is 1.24 bits per heavy atom. The molecule has 1 heterocycles. The molecule has 1 aliphatic rings. The molecule has 0 bridgehead atoms. The van der Waals surface area contributed by atoms with Gasteiger partial charge in [0.1, 0.15) is 36.8 Å². The van der Waals surface area contributed by atoms with Crippen molar-refractivity contribution in [2.24, 2.45) is 0 Å². The summed E-state index contributed by atoms with van der Waals surface area (Å²) in [5.74, 6) is -1.96. The number of rotatable bonds is 41. The van der Waals surface area contributed by atoms with Gasteiger partial charge >= 0.3 is 11.9 Å². The molecule has 0 radical (unpaired) electrons. The van der Waals surface area contributed by atoms with Gasteiger partial charge in [-0.2, -0.15) is 8.42 Å². The van der Waals surface area contributed by atoms with Gasteiger partial charge in [-0.15, -0.1) is 0 Å². The topological polar surface area (TPSA) is 186 Å². The van der Waals surface area contributed by atoms with E-state index in [1.54, 1.807) is 0 Å². The number of ether oxygens (including phenoxy) is 4. The van der Waals surface area contributed by atoms with Crippen molar-refractivity contribution < 1.29 is 56.8 Å². The van der Waals surface area contributed by atoms with Gasteiger partial charge in [0.15, 0.2) is 12.4 Å². The molecule has 6 atom stereocenters. The molecule has 0 aromatic heterocycles. The fraction of sp³-hybridized carbons (Fsp3) is 0.957. The summed E-state index contributed by atoms with van der Waals surface area (Å²) in [6.07, 6.45) is 28.6. The van der Waals surface area contributed by atoms with Gasteiger partial charge in [0.25, 0.3) is 10.1 Å². The molecular weight excluding hydrogens is 777 g/mol. The molecule has 1 rings (SSSR count). The first-order valence-corrected chi connectivity index (χ1v) is 25.7. The highest BCUT2D eigenvalue weighted by atomic mass is 32.2. The molecule has 0 aromatic rings. The number of hydrogen-bond acceptors (Lipinski definition) is 11. The van der Waals surface area contributed by atoms with E-state index >= 15 is 0 Å². The van der Waals surface area contributed by atoms with E-state index in [4.69, 9.17) is 18.9 Å². The van der Waals surface area contributed by atoms with Crippen LogP contribution in [0.25, 0.3) is 0 Å². The fourth-order valence-corrected chi connectivity index (χ4v) is 8.37. The minimum atomic E-state index is -4.60. The van der Waals surface area contributed by atoms with Crippen molar-refractivity contribution in [2.45, 2.75) is 263 Å². The highest BCUT2D eigenvalue weighted by molar-refractivity contribution is 7.85. The third kappa shape index (κ3) is 32.1. The van der Waals surface area contributed by atoms with E-state index in [9.17, 15) is 37.9 Å². The van der Waals surface area contributed by atoms with Crippen LogP contribution in [-0.2, 0) is 38.7 Å². The van der Waals surface area contributed by atoms with E-state index < -0.39 is 71.2 Å². The summed E-state index contributed by atoms with van der Waals surface area (Å²) in [6, 6.07) is 0. The smallest absolute Gasteiger partial charge is 0.306 e. The van der Waals surface area contributed by atoms with Crippen molar-refractivity contribution in [3.05, 3.63) is 0 Å². The second-order valence-corrected chi connectivity index (χ2v) is 18.6. The SMILES string of the molecule is CCCCCCCCCCCCCCCCCCCCCC(=O)OC(COC(=O)CCCCCCCCCCCCCC)COC1OC(CS(=O)(=O)O)C(O)C(O)C1O. The monoisotopic (exact) mass is 865 g/mol. The lowest BCUT2D eigenvalue weighted by Gasteiger charge is -2.40. The lowest BCUT2D eigenvalue weighted by Crippen LogP contribution is -2.60. The van der Waals surface area contributed by atoms with Gasteiger partial charge in [0.2, 0.25) is 0 Å². The number of hydrogen-bond donors (Lipinski definition) is 4. The van der Waals surface area contributed by atoms with Gasteiger partial charge in [0.05, 0.1) is 6.61 Å². The van der Waals surface area contributed by atoms with Crippen molar-refractivity contribution in [1.82, 2.24) is 0 Å². The minimum absolute atomic E-state index is 0.173. The molecule has 350 valence electrons. The summed E-state index contributed by atoms with van der Waals surface area (Å²) in [5, 5.41) is 30.9. The molecule has 0 spiro atoms. The molecule has 4 N–H and O–H groups in total. The van der Waals surface area contributed by atoms with Crippen LogP contribution in [0.2, 0.25) is 0 Å². The summed E-state index contributed by atoms with van der Waals surface area (Å²) in [6.45, 7) is 3.79. The van der Waals surface area contributed by atoms with Crippen molar-refractivity contribution >= 4 is 22.1 Å². The Balaban J connectivity index is 2.38. The largest absolute Gasteiger partial charge is 0.462 e. The Hall–Kier alpha value is -1.35. The van der Waals surface area contributed by atoms with Gasteiger partial charge in [-0.25, -0.2) is 0 Å². The maximum Gasteiger partial charge on any atom is 0.306 e. The molecule has 12 nitrogen and oxygen atoms in total. The second-order valence-electron chi connectivity index (χ2n) is 17.1. The molecule has 59 heavy (non-hydrogen) atoms. The average molecular weight is 865 g/mol. The summed E-state index contributed by atoms with van der Waals surface area (Å²) in [7, 11) is -4.60. The first-order valence-electron chi connectivity index (χ1n) is 24.1. The Morgan fingerprint density at radius 1 is 0.508 bits per heavy atom. The number of unbranched alkanes of at least 4 members (excludes halogenated alkanes) is 29. The highest BCUT2D eigenvalue weighted by Gasteiger charge is 2.46. The molecule has 1 saturated heterocycles. The van der Waals surface area contributed by atoms with E-state index in [-0.39, 0.29) is 19.4 Å². The summed E-state index contributed by atoms with van der Waals surface area (Å²) < 4.78 is 54.1. The Kier molecular flexibility index (Phi) is 35.1. The van der Waals surface area contributed by atoms with Crippen LogP contribution in [-0.4, -0.2) is 96.0 Å². The van der Waals surface area contributed by atoms with Gasteiger partial charge in [-0.3, -0.25) is 14.1 Å². The quantitative estimate of drug-likeness (QED) is 0.0259. The van der Waals surface area contributed by atoms with Crippen LogP contribution in [0.5, 0.6) is 0 Å². The highest BCUT2D eigenvalue weighted by Crippen LogP contribution is 2.24. The maximum absolute atomic E-state index is 12.8. The third-order valence-corrected chi connectivity index (χ3v) is 12.2. The lowest BCUT2D eigenvalue weighted by molar-refractivity contribution is -0.297. The Bertz CT molecular complexity index is 1110. The standard InChI is InChI=1S/C46H88O12S/c1-3-5-7-9-11-13-15-17-18-19-20-21-22-23-25-27-29-31-33-35-42(48)57-39(37-56-46-45(51)44(50)43(49)40(58-46)38-59(52,53)54)36-55-41(47)34-32-30-28-26-24-16-14-12-10-8-6-4-2/h39-40,43-46,49-51H,3-38H2,1-2H3,(H,52,53,54). The molecule has 1 fully saturated rings. The van der Waals surface area contributed by atoms with Gasteiger partial charge in [-0.05, 0) is 12.8 Å². The van der Waals surface area contributed by atoms with Crippen LogP contribution in [0, 0.1) is 0 Å². The molecule has 0 aromatic carbocycles. The van der Waals surface area contributed by atoms with Crippen LogP contribution in [0.4, 0.5) is 0 Å². The number of carbonyl (C=O) groups excluding carboxylic acids is 2. The zero-order chi connectivity index (χ0) is 43.4. The zero-order valence-electron chi connectivity index (χ0n) is 37.4. The number of aliphatic hydroxyl groups is 3. The normalized spacial score (nSPS) is 20.1. The Morgan fingerprint density at radius 2 is 0.864 bits per heavy atom. The molecule has 6 unspecified atom stereocenters. The van der Waals surface area contributed by atoms with Crippen LogP contribution < -0.4 is 0 Å². The van der Waals surface area contributed by atoms with Crippen molar-refractivity contribution in [3.8, 4) is 0 Å². The van der Waals surface area contributed by atoms with E-state index in [1.165, 1.54) is 148 Å². The predicted molar refractivity (Wildman–Crippen MR) is 234 cm³/mol. The van der Waals surface area contributed by atoms with Crippen molar-refractivity contribution in [2.75, 3.05) is 19.0 Å². The van der Waals surface area contributed by atoms with Gasteiger partial charge < -0.3 is 34.3 Å².